The molecule has 4 N–H and O–H groups in total. The molecule has 0 aromatic rings. The summed E-state index contributed by atoms with van der Waals surface area (Å²) in [5.74, 6) is -1.41. The van der Waals surface area contributed by atoms with Crippen LogP contribution in [0, 0.1) is 17.8 Å². The smallest absolute Gasteiger partial charge is 0.333 e. The predicted octanol–water partition coefficient (Wildman–Crippen LogP) is 4.19. The van der Waals surface area contributed by atoms with Gasteiger partial charge in [0.25, 0.3) is 0 Å². The fraction of sp³-hybridized carbons (Fsp3) is 0.750. The zero-order chi connectivity index (χ0) is 30.0. The summed E-state index contributed by atoms with van der Waals surface area (Å²) in [6.45, 7) is 13.2. The number of rotatable bonds is 1. The summed E-state index contributed by atoms with van der Waals surface area (Å²) in [6, 6.07) is 0. The van der Waals surface area contributed by atoms with Gasteiger partial charge >= 0.3 is 5.97 Å². The summed E-state index contributed by atoms with van der Waals surface area (Å²) < 4.78 is 11.3. The molecule has 0 amide bonds. The van der Waals surface area contributed by atoms with Crippen LogP contribution >= 0.6 is 0 Å². The van der Waals surface area contributed by atoms with Crippen molar-refractivity contribution in [3.8, 4) is 0 Å². The van der Waals surface area contributed by atoms with Gasteiger partial charge in [-0.05, 0) is 76.5 Å². The molecule has 0 aliphatic carbocycles. The molecule has 2 rings (SSSR count). The van der Waals surface area contributed by atoms with Gasteiger partial charge in [-0.2, -0.15) is 0 Å². The molecule has 0 spiro atoms. The molecule has 8 heteroatoms. The quantitative estimate of drug-likeness (QED) is 0.275. The molecule has 0 aromatic heterocycles. The molecule has 0 bridgehead atoms. The lowest BCUT2D eigenvalue weighted by Crippen LogP contribution is -2.41. The molecule has 40 heavy (non-hydrogen) atoms. The van der Waals surface area contributed by atoms with Crippen molar-refractivity contribution in [3.05, 3.63) is 35.5 Å². The molecule has 0 aromatic carbocycles. The van der Waals surface area contributed by atoms with Crippen LogP contribution in [0.5, 0.6) is 0 Å². The molecule has 228 valence electrons. The van der Waals surface area contributed by atoms with Crippen LogP contribution in [0.25, 0.3) is 0 Å². The molecule has 8 nitrogen and oxygen atoms in total. The Bertz CT molecular complexity index is 909. The number of fused-ring (bicyclic) bond motifs is 1. The summed E-state index contributed by atoms with van der Waals surface area (Å²) in [7, 11) is 0. The van der Waals surface area contributed by atoms with Gasteiger partial charge in [-0.3, -0.25) is 4.79 Å². The Kier molecular flexibility index (Phi) is 14.2. The van der Waals surface area contributed by atoms with Gasteiger partial charge in [0.1, 0.15) is 12.2 Å². The summed E-state index contributed by atoms with van der Waals surface area (Å²) in [4.78, 5) is 25.2. The normalized spacial score (nSPS) is 39.7. The van der Waals surface area contributed by atoms with Crippen LogP contribution in [0.1, 0.15) is 92.4 Å². The van der Waals surface area contributed by atoms with Crippen molar-refractivity contribution in [1.29, 1.82) is 0 Å². The Hall–Kier alpha value is -1.84. The van der Waals surface area contributed by atoms with E-state index in [0.29, 0.717) is 24.0 Å². The second-order valence-electron chi connectivity index (χ2n) is 12.3. The number of carbonyl (C=O) groups is 2. The Morgan fingerprint density at radius 3 is 2.35 bits per heavy atom. The average Bonchev–Trinajstić information content (AvgIpc) is 3.62. The zero-order valence-electron chi connectivity index (χ0n) is 25.1. The SMILES string of the molecule is C=C1/C=C(\C)[C@H](C)C[C@@H](O)CC(=O)[C@H](O)[C@@H](O)[C@H](C)C[C@H](CO)OC(=O)/C(C)=C/CCCC[C@@H]2O[C@H]2CC(C)C1. The van der Waals surface area contributed by atoms with E-state index in [1.165, 1.54) is 0 Å². The fourth-order valence-electron chi connectivity index (χ4n) is 5.47. The van der Waals surface area contributed by atoms with Crippen LogP contribution in [-0.4, -0.2) is 75.4 Å². The molecule has 1 saturated heterocycles. The first-order valence-corrected chi connectivity index (χ1v) is 14.9. The summed E-state index contributed by atoms with van der Waals surface area (Å²) in [6.07, 6.45) is 5.12. The molecule has 2 heterocycles. The maximum atomic E-state index is 12.6. The third kappa shape index (κ3) is 11.6. The average molecular weight is 565 g/mol. The Morgan fingerprint density at radius 2 is 1.68 bits per heavy atom. The number of hydrogen-bond donors (Lipinski definition) is 4. The molecular weight excluding hydrogens is 512 g/mol. The van der Waals surface area contributed by atoms with Gasteiger partial charge in [-0.1, -0.05) is 57.1 Å². The highest BCUT2D eigenvalue weighted by molar-refractivity contribution is 5.87. The zero-order valence-corrected chi connectivity index (χ0v) is 25.1. The second kappa shape index (κ2) is 16.6. The van der Waals surface area contributed by atoms with Crippen LogP contribution in [0.4, 0.5) is 0 Å². The highest BCUT2D eigenvalue weighted by Crippen LogP contribution is 2.34. The Labute approximate surface area is 240 Å². The topological polar surface area (TPSA) is 137 Å². The number of hydrogen-bond acceptors (Lipinski definition) is 8. The first-order chi connectivity index (χ1) is 18.8. The minimum atomic E-state index is -1.69. The molecule has 0 radical (unpaired) electrons. The number of epoxide rings is 1. The van der Waals surface area contributed by atoms with Gasteiger partial charge in [0.2, 0.25) is 0 Å². The second-order valence-corrected chi connectivity index (χ2v) is 12.3. The van der Waals surface area contributed by atoms with E-state index >= 15 is 0 Å². The Morgan fingerprint density at radius 1 is 0.975 bits per heavy atom. The van der Waals surface area contributed by atoms with E-state index in [-0.39, 0.29) is 24.9 Å². The van der Waals surface area contributed by atoms with Crippen molar-refractivity contribution in [2.24, 2.45) is 17.8 Å². The van der Waals surface area contributed by atoms with Gasteiger partial charge in [-0.15, -0.1) is 0 Å². The van der Waals surface area contributed by atoms with E-state index in [2.05, 4.69) is 19.6 Å². The number of esters is 1. The third-order valence-corrected chi connectivity index (χ3v) is 8.27. The monoisotopic (exact) mass is 564 g/mol. The van der Waals surface area contributed by atoms with Crippen molar-refractivity contribution in [2.45, 2.75) is 129 Å². The lowest BCUT2D eigenvalue weighted by atomic mass is 9.88. The molecule has 1 fully saturated rings. The van der Waals surface area contributed by atoms with E-state index in [1.807, 2.05) is 19.9 Å². The minimum absolute atomic E-state index is 0.00283. The molecule has 9 atom stereocenters. The van der Waals surface area contributed by atoms with Crippen LogP contribution in [0.3, 0.4) is 0 Å². The number of ether oxygens (including phenoxy) is 2. The van der Waals surface area contributed by atoms with E-state index in [0.717, 1.165) is 49.7 Å². The van der Waals surface area contributed by atoms with Gasteiger partial charge < -0.3 is 29.9 Å². The van der Waals surface area contributed by atoms with Gasteiger partial charge in [0.15, 0.2) is 5.78 Å². The predicted molar refractivity (Wildman–Crippen MR) is 154 cm³/mol. The maximum absolute atomic E-state index is 12.6. The van der Waals surface area contributed by atoms with Crippen molar-refractivity contribution in [3.63, 3.8) is 0 Å². The van der Waals surface area contributed by atoms with Crippen molar-refractivity contribution in [1.82, 2.24) is 0 Å². The molecular formula is C32H52O8. The van der Waals surface area contributed by atoms with E-state index < -0.39 is 48.7 Å². The van der Waals surface area contributed by atoms with Crippen LogP contribution in [0.2, 0.25) is 0 Å². The number of carbonyl (C=O) groups excluding carboxylic acids is 2. The van der Waals surface area contributed by atoms with Gasteiger partial charge in [0, 0.05) is 12.0 Å². The van der Waals surface area contributed by atoms with Crippen molar-refractivity contribution < 1.29 is 39.5 Å². The number of aliphatic hydroxyl groups excluding tert-OH is 4. The van der Waals surface area contributed by atoms with Crippen molar-refractivity contribution in [2.75, 3.05) is 6.61 Å². The molecule has 2 aliphatic heterocycles. The molecule has 2 aliphatic rings. The summed E-state index contributed by atoms with van der Waals surface area (Å²) >= 11 is 0. The van der Waals surface area contributed by atoms with Crippen LogP contribution in [0.15, 0.2) is 35.5 Å². The van der Waals surface area contributed by atoms with E-state index in [4.69, 9.17) is 9.47 Å². The van der Waals surface area contributed by atoms with E-state index in [1.54, 1.807) is 13.8 Å². The number of aliphatic hydroxyl groups is 4. The number of ketones is 1. The summed E-state index contributed by atoms with van der Waals surface area (Å²) in [5, 5.41) is 41.4. The Balaban J connectivity index is 2.10. The van der Waals surface area contributed by atoms with Crippen LogP contribution < -0.4 is 0 Å². The lowest BCUT2D eigenvalue weighted by molar-refractivity contribution is -0.149. The van der Waals surface area contributed by atoms with Gasteiger partial charge in [-0.25, -0.2) is 4.79 Å². The fourth-order valence-corrected chi connectivity index (χ4v) is 5.47. The first kappa shape index (κ1) is 34.4. The van der Waals surface area contributed by atoms with Crippen molar-refractivity contribution >= 4 is 11.8 Å². The third-order valence-electron chi connectivity index (χ3n) is 8.27. The number of allylic oxidation sites excluding steroid dienone is 4. The van der Waals surface area contributed by atoms with Gasteiger partial charge in [0.05, 0.1) is 31.0 Å². The minimum Gasteiger partial charge on any atom is -0.457 e. The maximum Gasteiger partial charge on any atom is 0.333 e. The molecule has 1 unspecified atom stereocenters. The standard InChI is InChI=1S/C32H52O8/c1-19-12-20(2)14-29-28(40-29)11-9-7-8-10-21(3)32(38)39-26(18-33)16-24(6)30(36)31(37)27(35)17-25(34)15-23(5)22(4)13-19/h10,13,20,23-26,28-31,33-34,36-37H,1,7-9,11-12,14-18H2,2-6H3/b21-10+,22-13+/t20?,23-,24-,25-,26-,28+,29+,30+,31+/m1/s1. The molecule has 0 saturated carbocycles. The highest BCUT2D eigenvalue weighted by Gasteiger charge is 2.38. The summed E-state index contributed by atoms with van der Waals surface area (Å²) in [5.41, 5.74) is 2.54. The van der Waals surface area contributed by atoms with E-state index in [9.17, 15) is 30.0 Å². The highest BCUT2D eigenvalue weighted by atomic mass is 16.6. The lowest BCUT2D eigenvalue weighted by Gasteiger charge is -2.27. The first-order valence-electron chi connectivity index (χ1n) is 14.9. The van der Waals surface area contributed by atoms with Crippen LogP contribution in [-0.2, 0) is 19.1 Å². The number of cyclic esters (lactones) is 1. The largest absolute Gasteiger partial charge is 0.457 e. The number of Topliss-reactive ketones (excluding diaryl/α,β-unsaturated/α-hetero) is 1.